The molecule has 0 aliphatic rings. The average Bonchev–Trinajstić information content (AvgIpc) is 2.20. The fourth-order valence-corrected chi connectivity index (χ4v) is 1.28. The lowest BCUT2D eigenvalue weighted by molar-refractivity contribution is 0.631. The molecule has 0 aliphatic carbocycles. The van der Waals surface area contributed by atoms with Gasteiger partial charge in [0, 0.05) is 17.3 Å². The molecule has 0 amide bonds. The Kier molecular flexibility index (Phi) is 2.14. The lowest BCUT2D eigenvalue weighted by Gasteiger charge is -2.05. The molecule has 14 heavy (non-hydrogen) atoms. The van der Waals surface area contributed by atoms with Crippen LogP contribution in [0.3, 0.4) is 0 Å². The van der Waals surface area contributed by atoms with E-state index in [1.165, 1.54) is 12.3 Å². The highest BCUT2D eigenvalue weighted by molar-refractivity contribution is 5.75. The first-order chi connectivity index (χ1) is 6.79. The Bertz CT molecular complexity index is 411. The minimum absolute atomic E-state index is 0.328. The van der Waals surface area contributed by atoms with Crippen LogP contribution >= 0.6 is 0 Å². The summed E-state index contributed by atoms with van der Waals surface area (Å²) in [6, 6.07) is 8.92. The van der Waals surface area contributed by atoms with E-state index in [9.17, 15) is 4.39 Å². The Labute approximate surface area is 81.2 Å². The van der Waals surface area contributed by atoms with Gasteiger partial charge in [0.2, 0.25) is 0 Å². The number of aromatic nitrogens is 1. The van der Waals surface area contributed by atoms with E-state index in [0.29, 0.717) is 16.8 Å². The number of pyridine rings is 1. The number of nitrogens with zero attached hydrogens (tertiary/aromatic N) is 1. The molecule has 1 radical (unpaired) electrons. The molecule has 0 atom stereocenters. The van der Waals surface area contributed by atoms with Gasteiger partial charge in [0.15, 0.2) is 0 Å². The molecular weight excluding hydrogens is 179 g/mol. The molecule has 69 valence electrons. The Morgan fingerprint density at radius 3 is 2.86 bits per heavy atom. The van der Waals surface area contributed by atoms with Crippen LogP contribution in [0, 0.1) is 11.9 Å². The lowest BCUT2D eigenvalue weighted by atomic mass is 10.1. The number of nitrogens with two attached hydrogens (primary N) is 1. The molecule has 0 saturated heterocycles. The number of nitrogen functional groups attached to an aromatic ring is 1. The summed E-state index contributed by atoms with van der Waals surface area (Å²) in [4.78, 5) is 3.84. The van der Waals surface area contributed by atoms with Gasteiger partial charge in [-0.15, -0.1) is 0 Å². The Morgan fingerprint density at radius 1 is 1.29 bits per heavy atom. The van der Waals surface area contributed by atoms with E-state index in [0.717, 1.165) is 0 Å². The van der Waals surface area contributed by atoms with Gasteiger partial charge in [-0.2, -0.15) is 0 Å². The first-order valence-corrected chi connectivity index (χ1v) is 4.14. The molecular formula is C11H8FN2. The normalized spacial score (nSPS) is 10.1. The van der Waals surface area contributed by atoms with Gasteiger partial charge in [0.05, 0.1) is 11.9 Å². The van der Waals surface area contributed by atoms with Crippen LogP contribution in [0.15, 0.2) is 36.7 Å². The summed E-state index contributed by atoms with van der Waals surface area (Å²) in [5.74, 6) is -0.328. The Hall–Kier alpha value is -1.90. The molecule has 1 heterocycles. The smallest absolute Gasteiger partial charge is 0.131 e. The lowest BCUT2D eigenvalue weighted by Crippen LogP contribution is -1.92. The van der Waals surface area contributed by atoms with Crippen LogP contribution in [0.5, 0.6) is 0 Å². The fraction of sp³-hybridized carbons (Fsp3) is 0. The third-order valence-corrected chi connectivity index (χ3v) is 1.96. The predicted octanol–water partition coefficient (Wildman–Crippen LogP) is 2.27. The van der Waals surface area contributed by atoms with E-state index in [4.69, 9.17) is 5.73 Å². The second-order valence-corrected chi connectivity index (χ2v) is 2.87. The van der Waals surface area contributed by atoms with Gasteiger partial charge in [-0.1, -0.05) is 12.1 Å². The van der Waals surface area contributed by atoms with Crippen molar-refractivity contribution in [2.75, 3.05) is 5.73 Å². The van der Waals surface area contributed by atoms with E-state index in [1.807, 2.05) is 0 Å². The Balaban J connectivity index is 2.61. The largest absolute Gasteiger partial charge is 0.397 e. The van der Waals surface area contributed by atoms with Gasteiger partial charge in [-0.3, -0.25) is 4.98 Å². The zero-order chi connectivity index (χ0) is 9.97. The zero-order valence-electron chi connectivity index (χ0n) is 7.37. The maximum absolute atomic E-state index is 13.3. The second-order valence-electron chi connectivity index (χ2n) is 2.87. The van der Waals surface area contributed by atoms with E-state index >= 15 is 0 Å². The first-order valence-electron chi connectivity index (χ1n) is 4.14. The molecule has 0 unspecified atom stereocenters. The van der Waals surface area contributed by atoms with E-state index in [2.05, 4.69) is 11.1 Å². The summed E-state index contributed by atoms with van der Waals surface area (Å²) in [5.41, 5.74) is 7.29. The van der Waals surface area contributed by atoms with Crippen molar-refractivity contribution < 1.29 is 4.39 Å². The highest BCUT2D eigenvalue weighted by Crippen LogP contribution is 2.26. The van der Waals surface area contributed by atoms with Crippen molar-refractivity contribution in [1.82, 2.24) is 4.98 Å². The summed E-state index contributed by atoms with van der Waals surface area (Å²) in [7, 11) is 0. The van der Waals surface area contributed by atoms with Gasteiger partial charge >= 0.3 is 0 Å². The third kappa shape index (κ3) is 1.44. The number of hydrogen-bond acceptors (Lipinski definition) is 2. The maximum atomic E-state index is 13.3. The van der Waals surface area contributed by atoms with Gasteiger partial charge in [0.25, 0.3) is 0 Å². The molecule has 2 rings (SSSR count). The minimum atomic E-state index is -0.328. The zero-order valence-corrected chi connectivity index (χ0v) is 7.37. The van der Waals surface area contributed by atoms with Crippen LogP contribution in [0.25, 0.3) is 11.1 Å². The summed E-state index contributed by atoms with van der Waals surface area (Å²) >= 11 is 0. The highest BCUT2D eigenvalue weighted by Gasteiger charge is 2.06. The van der Waals surface area contributed by atoms with Crippen LogP contribution in [0.2, 0.25) is 0 Å². The number of rotatable bonds is 1. The predicted molar refractivity (Wildman–Crippen MR) is 52.9 cm³/mol. The van der Waals surface area contributed by atoms with Crippen LogP contribution in [0.1, 0.15) is 0 Å². The van der Waals surface area contributed by atoms with Crippen molar-refractivity contribution in [2.24, 2.45) is 0 Å². The SMILES string of the molecule is Nc1cnccc1-c1cc[c]cc1F. The topological polar surface area (TPSA) is 38.9 Å². The van der Waals surface area contributed by atoms with Crippen molar-refractivity contribution in [3.05, 3.63) is 48.5 Å². The quantitative estimate of drug-likeness (QED) is 0.743. The summed E-state index contributed by atoms with van der Waals surface area (Å²) < 4.78 is 13.3. The van der Waals surface area contributed by atoms with Crippen LogP contribution in [-0.4, -0.2) is 4.98 Å². The molecule has 2 N–H and O–H groups in total. The molecule has 2 aromatic rings. The standard InChI is InChI=1S/C11H8FN2/c12-10-4-2-1-3-8(10)9-5-6-14-7-11(9)13/h1,3-7H,13H2. The van der Waals surface area contributed by atoms with E-state index in [-0.39, 0.29) is 5.82 Å². The van der Waals surface area contributed by atoms with Crippen molar-refractivity contribution in [3.63, 3.8) is 0 Å². The molecule has 0 bridgehead atoms. The third-order valence-electron chi connectivity index (χ3n) is 1.96. The van der Waals surface area contributed by atoms with E-state index in [1.54, 1.807) is 24.4 Å². The van der Waals surface area contributed by atoms with Gasteiger partial charge in [0.1, 0.15) is 5.82 Å². The second kappa shape index (κ2) is 3.46. The van der Waals surface area contributed by atoms with Crippen LogP contribution in [0.4, 0.5) is 10.1 Å². The summed E-state index contributed by atoms with van der Waals surface area (Å²) in [6.45, 7) is 0. The number of anilines is 1. The molecule has 1 aromatic heterocycles. The average molecular weight is 187 g/mol. The number of hydrogen-bond donors (Lipinski definition) is 1. The molecule has 0 fully saturated rings. The van der Waals surface area contributed by atoms with E-state index < -0.39 is 0 Å². The number of halogens is 1. The number of benzene rings is 1. The minimum Gasteiger partial charge on any atom is -0.397 e. The molecule has 0 saturated carbocycles. The monoisotopic (exact) mass is 187 g/mol. The highest BCUT2D eigenvalue weighted by atomic mass is 19.1. The van der Waals surface area contributed by atoms with Gasteiger partial charge < -0.3 is 5.73 Å². The summed E-state index contributed by atoms with van der Waals surface area (Å²) in [6.07, 6.45) is 3.09. The Morgan fingerprint density at radius 2 is 2.14 bits per heavy atom. The maximum Gasteiger partial charge on any atom is 0.131 e. The van der Waals surface area contributed by atoms with Crippen LogP contribution < -0.4 is 5.73 Å². The van der Waals surface area contributed by atoms with Crippen molar-refractivity contribution in [3.8, 4) is 11.1 Å². The van der Waals surface area contributed by atoms with Crippen molar-refractivity contribution in [1.29, 1.82) is 0 Å². The van der Waals surface area contributed by atoms with Gasteiger partial charge in [-0.05, 0) is 18.2 Å². The molecule has 3 heteroatoms. The molecule has 1 aromatic carbocycles. The summed E-state index contributed by atoms with van der Waals surface area (Å²) in [5, 5.41) is 0. The van der Waals surface area contributed by atoms with Crippen LogP contribution in [-0.2, 0) is 0 Å². The molecule has 0 spiro atoms. The van der Waals surface area contributed by atoms with Gasteiger partial charge in [-0.25, -0.2) is 4.39 Å². The van der Waals surface area contributed by atoms with Crippen molar-refractivity contribution >= 4 is 5.69 Å². The molecule has 2 nitrogen and oxygen atoms in total. The fourth-order valence-electron chi connectivity index (χ4n) is 1.28. The first kappa shape index (κ1) is 8.69. The molecule has 0 aliphatic heterocycles. The van der Waals surface area contributed by atoms with Crippen molar-refractivity contribution in [2.45, 2.75) is 0 Å².